The van der Waals surface area contributed by atoms with Crippen LogP contribution in [0.2, 0.25) is 5.15 Å². The zero-order chi connectivity index (χ0) is 18.2. The third-order valence-corrected chi connectivity index (χ3v) is 3.79. The van der Waals surface area contributed by atoms with Crippen LogP contribution in [0.25, 0.3) is 0 Å². The minimum Gasteiger partial charge on any atom is -0.465 e. The van der Waals surface area contributed by atoms with Crippen LogP contribution in [0.4, 0.5) is 29.7 Å². The molecule has 1 fully saturated rings. The SMILES string of the molecule is C[C@H]1CN(C(=O)O)CCN1c1nc(N)nc(Cl)c1C(=O)C(F)(F)F. The van der Waals surface area contributed by atoms with Crippen molar-refractivity contribution in [2.45, 2.75) is 19.1 Å². The fourth-order valence-electron chi connectivity index (χ4n) is 2.43. The lowest BCUT2D eigenvalue weighted by molar-refractivity contribution is -0.0885. The molecule has 0 saturated carbocycles. The lowest BCUT2D eigenvalue weighted by Gasteiger charge is -2.40. The topological polar surface area (TPSA) is 113 Å². The summed E-state index contributed by atoms with van der Waals surface area (Å²) in [5, 5.41) is 8.29. The molecule has 1 aromatic rings. The Hall–Kier alpha value is -2.30. The van der Waals surface area contributed by atoms with Crippen LogP contribution < -0.4 is 10.6 Å². The molecule has 2 heterocycles. The maximum Gasteiger partial charge on any atom is 0.455 e. The van der Waals surface area contributed by atoms with Crippen LogP contribution in [-0.2, 0) is 0 Å². The quantitative estimate of drug-likeness (QED) is 0.603. The van der Waals surface area contributed by atoms with Crippen LogP contribution in [0.15, 0.2) is 0 Å². The first-order valence-corrected chi connectivity index (χ1v) is 7.09. The van der Waals surface area contributed by atoms with Gasteiger partial charge in [-0.3, -0.25) is 4.79 Å². The first kappa shape index (κ1) is 18.0. The highest BCUT2D eigenvalue weighted by Crippen LogP contribution is 2.33. The molecule has 0 aliphatic carbocycles. The van der Waals surface area contributed by atoms with Crippen LogP contribution in [-0.4, -0.2) is 63.7 Å². The number of nitrogens with two attached hydrogens (primary N) is 1. The number of rotatable bonds is 2. The van der Waals surface area contributed by atoms with Crippen molar-refractivity contribution in [2.75, 3.05) is 30.3 Å². The summed E-state index contributed by atoms with van der Waals surface area (Å²) in [6.45, 7) is 1.67. The highest BCUT2D eigenvalue weighted by molar-refractivity contribution is 6.34. The summed E-state index contributed by atoms with van der Waals surface area (Å²) in [7, 11) is 0. The highest BCUT2D eigenvalue weighted by atomic mass is 35.5. The van der Waals surface area contributed by atoms with Crippen LogP contribution in [0.5, 0.6) is 0 Å². The molecule has 0 unspecified atom stereocenters. The summed E-state index contributed by atoms with van der Waals surface area (Å²) in [6.07, 6.45) is -6.31. The smallest absolute Gasteiger partial charge is 0.455 e. The van der Waals surface area contributed by atoms with E-state index in [1.54, 1.807) is 6.92 Å². The van der Waals surface area contributed by atoms with Gasteiger partial charge in [0.15, 0.2) is 0 Å². The number of nitrogen functional groups attached to an aromatic ring is 1. The number of hydrogen-bond acceptors (Lipinski definition) is 6. The molecule has 1 aliphatic heterocycles. The van der Waals surface area contributed by atoms with Crippen molar-refractivity contribution >= 4 is 35.2 Å². The molecule has 2 rings (SSSR count). The number of carbonyl (C=O) groups is 2. The average molecular weight is 368 g/mol. The third-order valence-electron chi connectivity index (χ3n) is 3.52. The number of amides is 1. The van der Waals surface area contributed by atoms with E-state index < -0.39 is 34.8 Å². The molecule has 0 radical (unpaired) electrons. The number of aromatic nitrogens is 2. The van der Waals surface area contributed by atoms with E-state index in [0.717, 1.165) is 4.90 Å². The minimum absolute atomic E-state index is 0.0243. The van der Waals surface area contributed by atoms with Crippen molar-refractivity contribution < 1.29 is 27.9 Å². The van der Waals surface area contributed by atoms with Crippen molar-refractivity contribution in [1.29, 1.82) is 0 Å². The van der Waals surface area contributed by atoms with Crippen LogP contribution in [0.1, 0.15) is 17.3 Å². The number of carboxylic acid groups (broad SMARTS) is 1. The first-order valence-electron chi connectivity index (χ1n) is 6.71. The molecule has 0 spiro atoms. The van der Waals surface area contributed by atoms with Gasteiger partial charge in [-0.05, 0) is 6.92 Å². The van der Waals surface area contributed by atoms with Crippen molar-refractivity contribution in [2.24, 2.45) is 0 Å². The Morgan fingerprint density at radius 3 is 2.46 bits per heavy atom. The van der Waals surface area contributed by atoms with E-state index in [1.165, 1.54) is 4.90 Å². The molecule has 0 aromatic carbocycles. The maximum atomic E-state index is 12.8. The maximum absolute atomic E-state index is 12.8. The fraction of sp³-hybridized carbons (Fsp3) is 0.500. The predicted octanol–water partition coefficient (Wildman–Crippen LogP) is 1.65. The second-order valence-electron chi connectivity index (χ2n) is 5.17. The molecular weight excluding hydrogens is 355 g/mol. The number of nitrogens with zero attached hydrogens (tertiary/aromatic N) is 4. The van der Waals surface area contributed by atoms with Gasteiger partial charge in [-0.2, -0.15) is 18.2 Å². The number of Topliss-reactive ketones (excluding diaryl/α,β-unsaturated/α-hetero) is 1. The van der Waals surface area contributed by atoms with E-state index in [0.29, 0.717) is 0 Å². The lowest BCUT2D eigenvalue weighted by atomic mass is 10.1. The van der Waals surface area contributed by atoms with E-state index in [9.17, 15) is 22.8 Å². The molecule has 132 valence electrons. The summed E-state index contributed by atoms with van der Waals surface area (Å²) in [5.41, 5.74) is 4.54. The fourth-order valence-corrected chi connectivity index (χ4v) is 2.69. The molecule has 12 heteroatoms. The normalized spacial score (nSPS) is 18.6. The van der Waals surface area contributed by atoms with Crippen LogP contribution in [0.3, 0.4) is 0 Å². The number of halogens is 4. The predicted molar refractivity (Wildman–Crippen MR) is 78.2 cm³/mol. The van der Waals surface area contributed by atoms with Gasteiger partial charge in [0, 0.05) is 25.7 Å². The molecule has 3 N–H and O–H groups in total. The molecule has 0 bridgehead atoms. The van der Waals surface area contributed by atoms with Crippen LogP contribution in [0, 0.1) is 0 Å². The Balaban J connectivity index is 2.47. The standard InChI is InChI=1S/C12H13ClF3N5O3/c1-5-4-20(11(23)24)2-3-21(5)9-6(7(22)12(14,15)16)8(13)18-10(17)19-9/h5H,2-4H2,1H3,(H,23,24)(H2,17,18,19)/t5-/m0/s1. The highest BCUT2D eigenvalue weighted by Gasteiger charge is 2.44. The minimum atomic E-state index is -5.16. The summed E-state index contributed by atoms with van der Waals surface area (Å²) >= 11 is 5.70. The van der Waals surface area contributed by atoms with Gasteiger partial charge in [0.25, 0.3) is 5.78 Å². The summed E-state index contributed by atoms with van der Waals surface area (Å²) in [5.74, 6) is -2.93. The molecule has 1 atom stereocenters. The van der Waals surface area contributed by atoms with Gasteiger partial charge in [-0.25, -0.2) is 9.78 Å². The third kappa shape index (κ3) is 3.45. The number of piperazine rings is 1. The summed E-state index contributed by atoms with van der Waals surface area (Å²) in [4.78, 5) is 32.3. The van der Waals surface area contributed by atoms with Gasteiger partial charge < -0.3 is 20.6 Å². The van der Waals surface area contributed by atoms with Gasteiger partial charge in [-0.1, -0.05) is 11.6 Å². The molecular formula is C12H13ClF3N5O3. The Labute approximate surface area is 139 Å². The number of anilines is 2. The monoisotopic (exact) mass is 367 g/mol. The lowest BCUT2D eigenvalue weighted by Crippen LogP contribution is -2.54. The molecule has 1 aliphatic rings. The molecule has 1 amide bonds. The van der Waals surface area contributed by atoms with Gasteiger partial charge in [-0.15, -0.1) is 0 Å². The molecule has 8 nitrogen and oxygen atoms in total. The van der Waals surface area contributed by atoms with Gasteiger partial charge in [0.05, 0.1) is 0 Å². The van der Waals surface area contributed by atoms with Gasteiger partial charge in [0.1, 0.15) is 16.5 Å². The van der Waals surface area contributed by atoms with Crippen LogP contribution >= 0.6 is 11.6 Å². The number of hydrogen-bond donors (Lipinski definition) is 2. The summed E-state index contributed by atoms with van der Waals surface area (Å²) < 4.78 is 38.5. The Kier molecular flexibility index (Phi) is 4.74. The average Bonchev–Trinajstić information content (AvgIpc) is 2.44. The number of carbonyl (C=O) groups excluding carboxylic acids is 1. The van der Waals surface area contributed by atoms with E-state index in [2.05, 4.69) is 9.97 Å². The Bertz CT molecular complexity index is 685. The van der Waals surface area contributed by atoms with Crippen molar-refractivity contribution in [3.63, 3.8) is 0 Å². The number of alkyl halides is 3. The zero-order valence-corrected chi connectivity index (χ0v) is 13.1. The first-order chi connectivity index (χ1) is 11.0. The van der Waals surface area contributed by atoms with Crippen molar-refractivity contribution in [3.05, 3.63) is 10.7 Å². The van der Waals surface area contributed by atoms with Crippen molar-refractivity contribution in [1.82, 2.24) is 14.9 Å². The van der Waals surface area contributed by atoms with Crippen molar-refractivity contribution in [3.8, 4) is 0 Å². The summed E-state index contributed by atoms with van der Waals surface area (Å²) in [6, 6.07) is -0.542. The van der Waals surface area contributed by atoms with Gasteiger partial charge in [0.2, 0.25) is 5.95 Å². The Morgan fingerprint density at radius 2 is 1.96 bits per heavy atom. The second-order valence-corrected chi connectivity index (χ2v) is 5.53. The van der Waals surface area contributed by atoms with E-state index in [1.807, 2.05) is 0 Å². The van der Waals surface area contributed by atoms with E-state index >= 15 is 0 Å². The number of ketones is 1. The van der Waals surface area contributed by atoms with Gasteiger partial charge >= 0.3 is 12.3 Å². The molecule has 1 saturated heterocycles. The largest absolute Gasteiger partial charge is 0.465 e. The van der Waals surface area contributed by atoms with E-state index in [4.69, 9.17) is 22.4 Å². The molecule has 24 heavy (non-hydrogen) atoms. The van der Waals surface area contributed by atoms with E-state index in [-0.39, 0.29) is 31.4 Å². The molecule has 1 aromatic heterocycles. The Morgan fingerprint density at radius 1 is 1.33 bits per heavy atom. The second kappa shape index (κ2) is 6.30. The zero-order valence-electron chi connectivity index (χ0n) is 12.3.